The van der Waals surface area contributed by atoms with Crippen LogP contribution in [0.4, 0.5) is 35.7 Å². The molecule has 4 aromatic heterocycles. The van der Waals surface area contributed by atoms with Gasteiger partial charge in [-0.1, -0.05) is 44.6 Å². The highest BCUT2D eigenvalue weighted by molar-refractivity contribution is 8.44. The lowest BCUT2D eigenvalue weighted by molar-refractivity contribution is -0.145. The van der Waals surface area contributed by atoms with Crippen LogP contribution in [0.5, 0.6) is 0 Å². The molecule has 0 saturated carbocycles. The molecule has 8 rings (SSSR count). The second-order valence-electron chi connectivity index (χ2n) is 20.8. The van der Waals surface area contributed by atoms with Crippen molar-refractivity contribution in [1.29, 1.82) is 0 Å². The number of nitrogens with one attached hydrogen (secondary N) is 4. The van der Waals surface area contributed by atoms with Crippen molar-refractivity contribution in [2.75, 3.05) is 49.3 Å². The number of aromatic nitrogens is 8. The first-order chi connectivity index (χ1) is 42.0. The van der Waals surface area contributed by atoms with Crippen LogP contribution in [0.25, 0.3) is 22.3 Å². The average Bonchev–Trinajstić information content (AvgIpc) is 1.79. The fourth-order valence-corrected chi connectivity index (χ4v) is 12.6. The van der Waals surface area contributed by atoms with Crippen LogP contribution in [0.15, 0.2) is 49.6 Å². The van der Waals surface area contributed by atoms with Crippen LogP contribution >= 0.6 is 25.8 Å². The molecule has 11 N–H and O–H groups in total. The van der Waals surface area contributed by atoms with E-state index in [0.717, 1.165) is 23.5 Å². The van der Waals surface area contributed by atoms with Gasteiger partial charge in [0, 0.05) is 37.4 Å². The highest BCUT2D eigenvalue weighted by atomic mass is 32.7. The van der Waals surface area contributed by atoms with Gasteiger partial charge in [-0.05, 0) is 67.5 Å². The molecule has 38 heteroatoms. The topological polar surface area (TPSA) is 436 Å². The largest absolute Gasteiger partial charge is 0.461 e. The highest BCUT2D eigenvalue weighted by Gasteiger charge is 2.54. The second kappa shape index (κ2) is 30.8. The van der Waals surface area contributed by atoms with E-state index in [0.29, 0.717) is 43.5 Å². The fraction of sp³-hybridized carbons (Fsp3) is 0.560. The van der Waals surface area contributed by atoms with Gasteiger partial charge in [-0.2, -0.15) is 0 Å². The van der Waals surface area contributed by atoms with Crippen molar-refractivity contribution in [1.82, 2.24) is 49.7 Å². The number of Topliss-reactive ketones (excluding diaryl/α,β-unsaturated/α-hetero) is 1. The Kier molecular flexibility index (Phi) is 23.6. The Morgan fingerprint density at radius 2 is 1.47 bits per heavy atom. The molecular formula is C50H67F2N15O17P2S2. The number of carbonyl (C=O) groups excluding carboxylic acids is 6. The number of primary amides is 1. The molecule has 0 aliphatic carbocycles. The van der Waals surface area contributed by atoms with Crippen molar-refractivity contribution < 1.29 is 88.9 Å². The molecule has 0 spiro atoms. The number of hydrogen-bond acceptors (Lipinski definition) is 25. The number of alkyl halides is 2. The Morgan fingerprint density at radius 3 is 2.14 bits per heavy atom. The summed E-state index contributed by atoms with van der Waals surface area (Å²) in [5.41, 5.74) is 12.2. The third kappa shape index (κ3) is 17.9. The van der Waals surface area contributed by atoms with Gasteiger partial charge in [0.15, 0.2) is 59.0 Å². The monoisotopic (exact) mass is 1310 g/mol. The quantitative estimate of drug-likeness (QED) is 0.0122. The van der Waals surface area contributed by atoms with E-state index in [-0.39, 0.29) is 103 Å². The highest BCUT2D eigenvalue weighted by Crippen LogP contribution is 2.59. The lowest BCUT2D eigenvalue weighted by atomic mass is 9.89. The number of esters is 1. The average molecular weight is 1310 g/mol. The summed E-state index contributed by atoms with van der Waals surface area (Å²) in [4.78, 5) is 117. The lowest BCUT2D eigenvalue weighted by Gasteiger charge is -2.29. The molecule has 5 aromatic rings. The number of anilines is 3. The molecule has 0 radical (unpaired) electrons. The molecular weight excluding hydrogens is 1250 g/mol. The lowest BCUT2D eigenvalue weighted by Crippen LogP contribution is -2.45. The van der Waals surface area contributed by atoms with E-state index in [9.17, 15) is 38.2 Å². The molecule has 3 saturated heterocycles. The van der Waals surface area contributed by atoms with Crippen LogP contribution < -0.4 is 38.6 Å². The number of fused-ring (bicyclic) bond motifs is 4. The van der Waals surface area contributed by atoms with Gasteiger partial charge in [-0.3, -0.25) is 47.2 Å². The van der Waals surface area contributed by atoms with Gasteiger partial charge in [-0.25, -0.2) is 58.7 Å². The van der Waals surface area contributed by atoms with Crippen molar-refractivity contribution in [3.05, 3.63) is 55.1 Å². The zero-order chi connectivity index (χ0) is 63.3. The fourth-order valence-electron chi connectivity index (χ4n) is 9.69. The molecule has 2 unspecified atom stereocenters. The van der Waals surface area contributed by atoms with Gasteiger partial charge >= 0.3 is 31.6 Å². The molecule has 88 heavy (non-hydrogen) atoms. The number of benzene rings is 1. The van der Waals surface area contributed by atoms with Crippen LogP contribution in [0.3, 0.4) is 0 Å². The van der Waals surface area contributed by atoms with Crippen molar-refractivity contribution in [3.63, 3.8) is 0 Å². The zero-order valence-corrected chi connectivity index (χ0v) is 50.9. The molecule has 1 aromatic carbocycles. The minimum Gasteiger partial charge on any atom is -0.461 e. The van der Waals surface area contributed by atoms with Crippen molar-refractivity contribution >= 4 is 113 Å². The van der Waals surface area contributed by atoms with Crippen molar-refractivity contribution in [2.45, 2.75) is 133 Å². The third-order valence-corrected chi connectivity index (χ3v) is 17.3. The van der Waals surface area contributed by atoms with E-state index in [1.807, 2.05) is 0 Å². The minimum atomic E-state index is -4.56. The molecule has 3 fully saturated rings. The maximum absolute atomic E-state index is 16.7. The minimum absolute atomic E-state index is 0.0136. The first-order valence-electron chi connectivity index (χ1n) is 27.7. The Hall–Kier alpha value is -6.53. The van der Waals surface area contributed by atoms with Crippen LogP contribution in [0.1, 0.15) is 89.7 Å². The van der Waals surface area contributed by atoms with Crippen molar-refractivity contribution in [3.8, 4) is 0 Å². The number of amides is 5. The summed E-state index contributed by atoms with van der Waals surface area (Å²) >= 11 is 9.29. The third-order valence-electron chi connectivity index (χ3n) is 14.1. The van der Waals surface area contributed by atoms with E-state index >= 15 is 8.78 Å². The van der Waals surface area contributed by atoms with Gasteiger partial charge in [0.2, 0.25) is 11.8 Å². The molecule has 3 aliphatic heterocycles. The molecule has 12 atom stereocenters. The Bertz CT molecular complexity index is 3380. The standard InChI is InChI=1S/C50H67F2N15O17P2S2/c1-26(2)37(64-33(69)9-4-3-5-17-78-55)30(68)18-28(8-6-15-56-49(54)72)46(71)63-29-13-11-27(12-14-29)19-77-34(70)10-7-16-76-50(73)65-43-39-45(60-23-58-43)67(25-62-39)48-36(52)41-32(82-48)21-80-85(74,87)83-40-31(20-79-86(75,88)84-41)81-47(35(40)51)66-24-61-38-42(53)57-22-59-44(38)66/h11-14,22-26,28,31-32,35-37,40-41,47-48H,3-10,15-21,55H2,1-2H3,(H,63,71)(H,64,69)(H,74,87)(H,75,88)(H2,53,57,59)(H3,54,56,72)(H,58,60,65,73)/t28-,31-,32-,35-,36-,37+,40-,41-,47-,48-,85?,86?/m1/s1. The first kappa shape index (κ1) is 67.4. The first-order valence-corrected chi connectivity index (χ1v) is 33.0. The number of unbranched alkanes of at least 4 members (excludes halogenated alkanes) is 2. The van der Waals surface area contributed by atoms with E-state index in [1.54, 1.807) is 38.1 Å². The molecule has 480 valence electrons. The van der Waals surface area contributed by atoms with Gasteiger partial charge in [0.1, 0.15) is 49.2 Å². The summed E-state index contributed by atoms with van der Waals surface area (Å²) in [6.45, 7) is -6.66. The van der Waals surface area contributed by atoms with Crippen molar-refractivity contribution in [2.24, 2.45) is 23.5 Å². The molecule has 0 bridgehead atoms. The summed E-state index contributed by atoms with van der Waals surface area (Å²) in [5, 5.41) is 10.5. The normalized spacial score (nSPS) is 25.4. The molecule has 7 heterocycles. The number of hydrogen-bond donors (Lipinski definition) is 9. The number of nitrogen functional groups attached to an aromatic ring is 1. The number of nitrogens with two attached hydrogens (primary N) is 3. The Morgan fingerprint density at radius 1 is 0.818 bits per heavy atom. The predicted octanol–water partition coefficient (Wildman–Crippen LogP) is 4.42. The van der Waals surface area contributed by atoms with Crippen LogP contribution in [-0.4, -0.2) is 155 Å². The number of ketones is 1. The van der Waals surface area contributed by atoms with Gasteiger partial charge in [0.05, 0.1) is 45.1 Å². The smallest absolute Gasteiger partial charge is 0.412 e. The predicted molar refractivity (Wildman–Crippen MR) is 312 cm³/mol. The van der Waals surface area contributed by atoms with E-state index in [1.165, 1.54) is 10.9 Å². The maximum Gasteiger partial charge on any atom is 0.412 e. The maximum atomic E-state index is 16.7. The van der Waals surface area contributed by atoms with E-state index in [4.69, 9.17) is 66.2 Å². The molecule has 5 amide bonds. The van der Waals surface area contributed by atoms with Gasteiger partial charge in [0.25, 0.3) is 0 Å². The summed E-state index contributed by atoms with van der Waals surface area (Å²) < 4.78 is 93.8. The number of urea groups is 1. The summed E-state index contributed by atoms with van der Waals surface area (Å²) in [5.74, 6) is 2.14. The second-order valence-corrected chi connectivity index (χ2v) is 26.5. The summed E-state index contributed by atoms with van der Waals surface area (Å²) in [7, 11) is 0. The van der Waals surface area contributed by atoms with E-state index in [2.05, 4.69) is 68.3 Å². The van der Waals surface area contributed by atoms with Crippen LogP contribution in [-0.2, 0) is 84.0 Å². The van der Waals surface area contributed by atoms with E-state index < -0.39 is 112 Å². The van der Waals surface area contributed by atoms with Crippen LogP contribution in [0, 0.1) is 11.8 Å². The number of thiol groups is 1. The van der Waals surface area contributed by atoms with Gasteiger partial charge < -0.3 is 60.6 Å². The number of halogens is 2. The van der Waals surface area contributed by atoms with Crippen LogP contribution in [0.2, 0.25) is 0 Å². The van der Waals surface area contributed by atoms with Gasteiger partial charge in [-0.15, -0.1) is 0 Å². The summed E-state index contributed by atoms with van der Waals surface area (Å²) in [6.07, 6.45) is -7.83. The molecule has 3 aliphatic rings. The number of imidazole rings is 2. The zero-order valence-electron chi connectivity index (χ0n) is 47.4. The molecule has 32 nitrogen and oxygen atoms in total. The Balaban J connectivity index is 0.792. The number of carbonyl (C=O) groups is 6. The number of rotatable bonds is 26. The SMILES string of the molecule is CC(C)[C@H](NC(=O)CCCCCON)C(=O)C[C@@H](CCCNC(N)=O)C(=O)Nc1ccc(COC(=O)CCCOC(=O)Nc2ncnc3c2ncn3[C@@H]2O[C@@H]3COP(O)(=S)O[C@H]4[C@@H](F)[C@H](n5cnc6c(N)ncnc65)O[C@@H]4COP(=O)(S)O[C@H]3[C@H]2F)cc1. The number of ether oxygens (including phenoxy) is 4. The Labute approximate surface area is 510 Å². The number of nitrogens with zero attached hydrogens (tertiary/aromatic N) is 8. The summed E-state index contributed by atoms with van der Waals surface area (Å²) in [6, 6.07) is 4.88.